The summed E-state index contributed by atoms with van der Waals surface area (Å²) in [5, 5.41) is 0. The van der Waals surface area contributed by atoms with Gasteiger partial charge in [-0.05, 0) is 57.6 Å². The highest BCUT2D eigenvalue weighted by atomic mass is 16.6. The van der Waals surface area contributed by atoms with Crippen molar-refractivity contribution in [2.24, 2.45) is 0 Å². The van der Waals surface area contributed by atoms with E-state index in [4.69, 9.17) is 10.5 Å². The number of carbonyl (C=O) groups is 1. The van der Waals surface area contributed by atoms with Crippen molar-refractivity contribution in [1.29, 1.82) is 0 Å². The monoisotopic (exact) mass is 384 g/mol. The number of nitrogens with two attached hydrogens (primary N) is 1. The van der Waals surface area contributed by atoms with Gasteiger partial charge in [0.15, 0.2) is 5.82 Å². The molecule has 1 aliphatic carbocycles. The third kappa shape index (κ3) is 3.81. The molecule has 1 saturated carbocycles. The number of nitrogen functional groups attached to an aromatic ring is 1. The number of amides is 1. The zero-order chi connectivity index (χ0) is 20.1. The summed E-state index contributed by atoms with van der Waals surface area (Å²) in [7, 11) is 1.79. The lowest BCUT2D eigenvalue weighted by molar-refractivity contribution is 0.0238. The van der Waals surface area contributed by atoms with Crippen LogP contribution in [0, 0.1) is 0 Å². The smallest absolute Gasteiger partial charge is 0.410 e. The Morgan fingerprint density at radius 1 is 1.29 bits per heavy atom. The third-order valence-electron chi connectivity index (χ3n) is 5.30. The number of carbonyl (C=O) groups excluding carboxylic acids is 1. The number of rotatable bonds is 3. The Morgan fingerprint density at radius 2 is 2.04 bits per heavy atom. The van der Waals surface area contributed by atoms with Gasteiger partial charge in [0.1, 0.15) is 11.1 Å². The molecule has 3 heterocycles. The third-order valence-corrected chi connectivity index (χ3v) is 5.30. The summed E-state index contributed by atoms with van der Waals surface area (Å²) in [4.78, 5) is 29.7. The van der Waals surface area contributed by atoms with E-state index < -0.39 is 5.60 Å². The van der Waals surface area contributed by atoms with Crippen molar-refractivity contribution >= 4 is 28.9 Å². The van der Waals surface area contributed by atoms with Crippen LogP contribution in [0.4, 0.5) is 16.6 Å². The summed E-state index contributed by atoms with van der Waals surface area (Å²) >= 11 is 0. The van der Waals surface area contributed by atoms with Crippen molar-refractivity contribution < 1.29 is 9.53 Å². The first kappa shape index (κ1) is 18.7. The number of likely N-dealkylation sites (N-methyl/N-ethyl adjacent to an activating group) is 1. The summed E-state index contributed by atoms with van der Waals surface area (Å²) in [5.74, 6) is 1.60. The first-order chi connectivity index (χ1) is 13.2. The molecule has 150 valence electrons. The standard InChI is InChI=1S/C20H28N6O2/c1-20(2,3)28-19(27)25(4)14-7-8-26(11-14)17-16-15(23-18(21)24-17)9-13(10-22-16)12-5-6-12/h9-10,12,14H,5-8,11H2,1-4H3,(H2,21,23,24)/t14-/m1/s1. The van der Waals surface area contributed by atoms with Gasteiger partial charge in [-0.15, -0.1) is 0 Å². The van der Waals surface area contributed by atoms with Gasteiger partial charge in [-0.1, -0.05) is 0 Å². The van der Waals surface area contributed by atoms with Crippen LogP contribution in [0.25, 0.3) is 11.0 Å². The van der Waals surface area contributed by atoms with Gasteiger partial charge in [-0.3, -0.25) is 4.98 Å². The Labute approximate surface area is 165 Å². The fourth-order valence-corrected chi connectivity index (χ4v) is 3.63. The fourth-order valence-electron chi connectivity index (χ4n) is 3.63. The van der Waals surface area contributed by atoms with Crippen LogP contribution in [0.3, 0.4) is 0 Å². The number of aromatic nitrogens is 3. The predicted molar refractivity (Wildman–Crippen MR) is 108 cm³/mol. The number of nitrogens with zero attached hydrogens (tertiary/aromatic N) is 5. The topological polar surface area (TPSA) is 97.5 Å². The van der Waals surface area contributed by atoms with E-state index in [1.165, 1.54) is 18.4 Å². The summed E-state index contributed by atoms with van der Waals surface area (Å²) in [5.41, 5.74) is 8.25. The van der Waals surface area contributed by atoms with Crippen LogP contribution in [0.1, 0.15) is 51.5 Å². The summed E-state index contributed by atoms with van der Waals surface area (Å²) in [6, 6.07) is 2.13. The molecule has 0 spiro atoms. The molecule has 8 nitrogen and oxygen atoms in total. The van der Waals surface area contributed by atoms with E-state index in [2.05, 4.69) is 25.9 Å². The molecule has 2 aromatic rings. The van der Waals surface area contributed by atoms with Gasteiger partial charge >= 0.3 is 6.09 Å². The Hall–Kier alpha value is -2.64. The van der Waals surface area contributed by atoms with Crippen molar-refractivity contribution in [3.63, 3.8) is 0 Å². The van der Waals surface area contributed by atoms with Crippen molar-refractivity contribution in [2.75, 3.05) is 30.8 Å². The van der Waals surface area contributed by atoms with Gasteiger partial charge in [-0.25, -0.2) is 9.78 Å². The SMILES string of the molecule is CN(C(=O)OC(C)(C)C)[C@@H]1CCN(c2nc(N)nc3cc(C4CC4)cnc23)C1. The van der Waals surface area contributed by atoms with Gasteiger partial charge in [0.25, 0.3) is 0 Å². The normalized spacial score (nSPS) is 19.9. The molecule has 8 heteroatoms. The Kier molecular flexibility index (Phi) is 4.51. The molecule has 1 atom stereocenters. The zero-order valence-electron chi connectivity index (χ0n) is 17.0. The van der Waals surface area contributed by atoms with Gasteiger partial charge < -0.3 is 20.3 Å². The maximum atomic E-state index is 12.4. The van der Waals surface area contributed by atoms with Gasteiger partial charge in [0, 0.05) is 26.3 Å². The number of ether oxygens (including phenoxy) is 1. The maximum Gasteiger partial charge on any atom is 0.410 e. The van der Waals surface area contributed by atoms with E-state index >= 15 is 0 Å². The Balaban J connectivity index is 1.55. The molecule has 2 fully saturated rings. The fraction of sp³-hybridized carbons (Fsp3) is 0.600. The summed E-state index contributed by atoms with van der Waals surface area (Å²) in [6.07, 6.45) is 4.89. The molecule has 4 rings (SSSR count). The molecule has 2 N–H and O–H groups in total. The van der Waals surface area contributed by atoms with E-state index in [-0.39, 0.29) is 18.1 Å². The lowest BCUT2D eigenvalue weighted by Gasteiger charge is -2.28. The average molecular weight is 384 g/mol. The van der Waals surface area contributed by atoms with Crippen LogP contribution < -0.4 is 10.6 Å². The van der Waals surface area contributed by atoms with Crippen molar-refractivity contribution in [1.82, 2.24) is 19.9 Å². The minimum absolute atomic E-state index is 0.0480. The summed E-state index contributed by atoms with van der Waals surface area (Å²) < 4.78 is 5.49. The van der Waals surface area contributed by atoms with Crippen LogP contribution in [0.15, 0.2) is 12.3 Å². The van der Waals surface area contributed by atoms with Crippen LogP contribution in [0.5, 0.6) is 0 Å². The molecule has 2 aliphatic rings. The largest absolute Gasteiger partial charge is 0.444 e. The predicted octanol–water partition coefficient (Wildman–Crippen LogP) is 2.93. The molecule has 0 unspecified atom stereocenters. The Bertz CT molecular complexity index is 905. The second-order valence-electron chi connectivity index (χ2n) is 8.80. The molecule has 1 amide bonds. The molecule has 1 saturated heterocycles. The minimum Gasteiger partial charge on any atom is -0.444 e. The number of hydrogen-bond acceptors (Lipinski definition) is 7. The van der Waals surface area contributed by atoms with E-state index in [1.807, 2.05) is 27.0 Å². The number of pyridine rings is 1. The lowest BCUT2D eigenvalue weighted by Crippen LogP contribution is -2.42. The van der Waals surface area contributed by atoms with E-state index in [1.54, 1.807) is 11.9 Å². The quantitative estimate of drug-likeness (QED) is 0.869. The van der Waals surface area contributed by atoms with Crippen molar-refractivity contribution in [2.45, 2.75) is 57.6 Å². The van der Waals surface area contributed by atoms with Crippen LogP contribution in [-0.4, -0.2) is 57.7 Å². The minimum atomic E-state index is -0.510. The molecular formula is C20H28N6O2. The van der Waals surface area contributed by atoms with E-state index in [0.29, 0.717) is 12.5 Å². The van der Waals surface area contributed by atoms with E-state index in [0.717, 1.165) is 29.8 Å². The highest BCUT2D eigenvalue weighted by Gasteiger charge is 2.33. The van der Waals surface area contributed by atoms with Crippen LogP contribution in [-0.2, 0) is 4.74 Å². The van der Waals surface area contributed by atoms with Gasteiger partial charge in [0.05, 0.1) is 11.6 Å². The van der Waals surface area contributed by atoms with Crippen molar-refractivity contribution in [3.8, 4) is 0 Å². The summed E-state index contributed by atoms with van der Waals surface area (Å²) in [6.45, 7) is 7.05. The second kappa shape index (κ2) is 6.76. The number of anilines is 2. The highest BCUT2D eigenvalue weighted by molar-refractivity contribution is 5.87. The zero-order valence-corrected chi connectivity index (χ0v) is 17.0. The van der Waals surface area contributed by atoms with Gasteiger partial charge in [-0.2, -0.15) is 4.98 Å². The molecule has 0 aromatic carbocycles. The van der Waals surface area contributed by atoms with Crippen molar-refractivity contribution in [3.05, 3.63) is 17.8 Å². The molecule has 0 bridgehead atoms. The lowest BCUT2D eigenvalue weighted by atomic mass is 10.1. The van der Waals surface area contributed by atoms with Crippen LogP contribution >= 0.6 is 0 Å². The molecule has 28 heavy (non-hydrogen) atoms. The second-order valence-corrected chi connectivity index (χ2v) is 8.80. The van der Waals surface area contributed by atoms with E-state index in [9.17, 15) is 4.79 Å². The Morgan fingerprint density at radius 3 is 2.71 bits per heavy atom. The van der Waals surface area contributed by atoms with Gasteiger partial charge in [0.2, 0.25) is 5.95 Å². The molecular weight excluding hydrogens is 356 g/mol. The first-order valence-corrected chi connectivity index (χ1v) is 9.85. The highest BCUT2D eigenvalue weighted by Crippen LogP contribution is 2.40. The first-order valence-electron chi connectivity index (χ1n) is 9.85. The molecule has 2 aromatic heterocycles. The number of fused-ring (bicyclic) bond motifs is 1. The molecule has 1 aliphatic heterocycles. The van der Waals surface area contributed by atoms with Crippen LogP contribution in [0.2, 0.25) is 0 Å². The maximum absolute atomic E-state index is 12.4. The number of hydrogen-bond donors (Lipinski definition) is 1. The average Bonchev–Trinajstić information content (AvgIpc) is 3.35. The molecule has 0 radical (unpaired) electrons.